The van der Waals surface area contributed by atoms with E-state index in [0.717, 1.165) is 6.20 Å². The molecule has 1 heterocycles. The number of hydrogen-bond donors (Lipinski definition) is 1. The quantitative estimate of drug-likeness (QED) is 0.564. The Kier molecular flexibility index (Phi) is 4.40. The van der Waals surface area contributed by atoms with Gasteiger partial charge in [-0.2, -0.15) is 0 Å². The highest BCUT2D eigenvalue weighted by molar-refractivity contribution is 14.1. The maximum absolute atomic E-state index is 12.0. The molecule has 1 rings (SSSR count). The fourth-order valence-electron chi connectivity index (χ4n) is 0.859. The average Bonchev–Trinajstić information content (AvgIpc) is 2.09. The molecular formula is C7H5F3I2N2O. The van der Waals surface area contributed by atoms with E-state index in [9.17, 15) is 13.2 Å². The molecule has 0 unspecified atom stereocenters. The second-order valence-electron chi connectivity index (χ2n) is 2.46. The highest BCUT2D eigenvalue weighted by Crippen LogP contribution is 2.30. The van der Waals surface area contributed by atoms with Gasteiger partial charge in [-0.05, 0) is 45.2 Å². The maximum Gasteiger partial charge on any atom is 0.573 e. The van der Waals surface area contributed by atoms with Gasteiger partial charge < -0.3 is 10.5 Å². The molecule has 84 valence electrons. The van der Waals surface area contributed by atoms with Crippen LogP contribution in [0.25, 0.3) is 0 Å². The molecular weight excluding hydrogens is 439 g/mol. The Labute approximate surface area is 111 Å². The van der Waals surface area contributed by atoms with Crippen LogP contribution < -0.4 is 10.5 Å². The second-order valence-corrected chi connectivity index (χ2v) is 4.56. The van der Waals surface area contributed by atoms with Gasteiger partial charge in [-0.3, -0.25) is 0 Å². The lowest BCUT2D eigenvalue weighted by molar-refractivity contribution is -0.275. The van der Waals surface area contributed by atoms with Gasteiger partial charge in [0.15, 0.2) is 5.75 Å². The van der Waals surface area contributed by atoms with E-state index < -0.39 is 6.36 Å². The van der Waals surface area contributed by atoms with Crippen LogP contribution in [0.4, 0.5) is 13.2 Å². The van der Waals surface area contributed by atoms with Crippen LogP contribution in [0.5, 0.6) is 5.75 Å². The van der Waals surface area contributed by atoms with Crippen LogP contribution in [0.3, 0.4) is 0 Å². The Balaban J connectivity index is 3.11. The number of nitrogens with two attached hydrogens (primary N) is 1. The minimum atomic E-state index is -4.71. The van der Waals surface area contributed by atoms with Gasteiger partial charge in [-0.1, -0.05) is 0 Å². The van der Waals surface area contributed by atoms with Crippen molar-refractivity contribution < 1.29 is 17.9 Å². The molecule has 0 bridgehead atoms. The normalized spacial score (nSPS) is 11.6. The summed E-state index contributed by atoms with van der Waals surface area (Å²) in [6, 6.07) is 0. The van der Waals surface area contributed by atoms with Crippen molar-refractivity contribution in [3.05, 3.63) is 19.0 Å². The summed E-state index contributed by atoms with van der Waals surface area (Å²) < 4.78 is 40.6. The summed E-state index contributed by atoms with van der Waals surface area (Å²) in [5.41, 5.74) is 5.95. The molecule has 1 aromatic heterocycles. The van der Waals surface area contributed by atoms with E-state index in [2.05, 4.69) is 9.72 Å². The number of halogens is 5. The molecule has 8 heteroatoms. The van der Waals surface area contributed by atoms with E-state index in [4.69, 9.17) is 5.73 Å². The molecule has 0 saturated heterocycles. The SMILES string of the molecule is NCc1c(I)ncc(OC(F)(F)F)c1I. The van der Waals surface area contributed by atoms with Gasteiger partial charge in [0.25, 0.3) is 0 Å². The lowest BCUT2D eigenvalue weighted by atomic mass is 10.3. The molecule has 0 saturated carbocycles. The molecule has 2 N–H and O–H groups in total. The topological polar surface area (TPSA) is 48.1 Å². The second kappa shape index (κ2) is 4.99. The molecule has 0 spiro atoms. The summed E-state index contributed by atoms with van der Waals surface area (Å²) in [5.74, 6) is -0.316. The van der Waals surface area contributed by atoms with E-state index in [1.165, 1.54) is 0 Å². The summed E-state index contributed by atoms with van der Waals surface area (Å²) in [4.78, 5) is 3.77. The third-order valence-electron chi connectivity index (χ3n) is 1.46. The zero-order valence-electron chi connectivity index (χ0n) is 7.11. The van der Waals surface area contributed by atoms with Crippen molar-refractivity contribution in [2.45, 2.75) is 12.9 Å². The van der Waals surface area contributed by atoms with Crippen molar-refractivity contribution >= 4 is 45.2 Å². The Bertz CT molecular complexity index is 370. The number of rotatable bonds is 2. The Morgan fingerprint density at radius 1 is 1.40 bits per heavy atom. The van der Waals surface area contributed by atoms with Crippen LogP contribution in [0.15, 0.2) is 6.20 Å². The van der Waals surface area contributed by atoms with Crippen molar-refractivity contribution in [1.82, 2.24) is 4.98 Å². The number of hydrogen-bond acceptors (Lipinski definition) is 3. The molecule has 0 fully saturated rings. The standard InChI is InChI=1S/C7H5F3I2N2O/c8-7(9,10)15-4-2-14-6(12)3(1-13)5(4)11/h2H,1,13H2. The molecule has 0 aliphatic carbocycles. The highest BCUT2D eigenvalue weighted by Gasteiger charge is 2.32. The first-order chi connectivity index (χ1) is 6.85. The van der Waals surface area contributed by atoms with Crippen molar-refractivity contribution in [3.63, 3.8) is 0 Å². The molecule has 15 heavy (non-hydrogen) atoms. The van der Waals surface area contributed by atoms with Crippen LogP contribution in [-0.4, -0.2) is 11.3 Å². The van der Waals surface area contributed by atoms with Gasteiger partial charge in [-0.25, -0.2) is 4.98 Å². The summed E-state index contributed by atoms with van der Waals surface area (Å²) >= 11 is 3.66. The fraction of sp³-hybridized carbons (Fsp3) is 0.286. The molecule has 0 amide bonds. The Morgan fingerprint density at radius 2 is 2.00 bits per heavy atom. The van der Waals surface area contributed by atoms with E-state index in [1.807, 2.05) is 22.6 Å². The Morgan fingerprint density at radius 3 is 2.47 bits per heavy atom. The smallest absolute Gasteiger partial charge is 0.403 e. The zero-order valence-corrected chi connectivity index (χ0v) is 11.4. The first-order valence-corrected chi connectivity index (χ1v) is 5.79. The third kappa shape index (κ3) is 3.59. The number of alkyl halides is 3. The molecule has 0 aliphatic rings. The minimum absolute atomic E-state index is 0.124. The van der Waals surface area contributed by atoms with E-state index >= 15 is 0 Å². The predicted molar refractivity (Wildman–Crippen MR) is 64.2 cm³/mol. The van der Waals surface area contributed by atoms with E-state index in [1.54, 1.807) is 22.6 Å². The van der Waals surface area contributed by atoms with Crippen molar-refractivity contribution in [3.8, 4) is 5.75 Å². The Hall–Kier alpha value is 0.160. The largest absolute Gasteiger partial charge is 0.573 e. The van der Waals surface area contributed by atoms with E-state index in [0.29, 0.717) is 12.8 Å². The third-order valence-corrected chi connectivity index (χ3v) is 3.57. The molecule has 3 nitrogen and oxygen atoms in total. The van der Waals surface area contributed by atoms with Crippen LogP contribution in [0.2, 0.25) is 0 Å². The fourth-order valence-corrected chi connectivity index (χ4v) is 2.73. The molecule has 1 aromatic rings. The average molecular weight is 444 g/mol. The van der Waals surface area contributed by atoms with Crippen LogP contribution in [0, 0.1) is 7.27 Å². The summed E-state index contributed by atoms with van der Waals surface area (Å²) in [6.07, 6.45) is -3.67. The lowest BCUT2D eigenvalue weighted by Gasteiger charge is -2.12. The first kappa shape index (κ1) is 13.2. The number of pyridine rings is 1. The van der Waals surface area contributed by atoms with E-state index in [-0.39, 0.29) is 12.3 Å². The first-order valence-electron chi connectivity index (χ1n) is 3.64. The van der Waals surface area contributed by atoms with Gasteiger partial charge in [0.05, 0.1) is 9.77 Å². The van der Waals surface area contributed by atoms with Crippen LogP contribution in [0.1, 0.15) is 5.56 Å². The zero-order chi connectivity index (χ0) is 11.6. The highest BCUT2D eigenvalue weighted by atomic mass is 127. The van der Waals surface area contributed by atoms with Crippen LogP contribution >= 0.6 is 45.2 Å². The monoisotopic (exact) mass is 444 g/mol. The van der Waals surface area contributed by atoms with Crippen molar-refractivity contribution in [2.75, 3.05) is 0 Å². The molecule has 0 radical (unpaired) electrons. The van der Waals surface area contributed by atoms with Crippen molar-refractivity contribution in [1.29, 1.82) is 0 Å². The number of ether oxygens (including phenoxy) is 1. The summed E-state index contributed by atoms with van der Waals surface area (Å²) in [5, 5.41) is 0. The molecule has 0 atom stereocenters. The molecule has 0 aliphatic heterocycles. The predicted octanol–water partition coefficient (Wildman–Crippen LogP) is 2.65. The van der Waals surface area contributed by atoms with Crippen LogP contribution in [-0.2, 0) is 6.54 Å². The van der Waals surface area contributed by atoms with Gasteiger partial charge in [0.1, 0.15) is 3.70 Å². The van der Waals surface area contributed by atoms with Gasteiger partial charge in [0.2, 0.25) is 0 Å². The summed E-state index contributed by atoms with van der Waals surface area (Å²) in [7, 11) is 0. The van der Waals surface area contributed by atoms with Crippen molar-refractivity contribution in [2.24, 2.45) is 5.73 Å². The number of aromatic nitrogens is 1. The lowest BCUT2D eigenvalue weighted by Crippen LogP contribution is -2.19. The summed E-state index contributed by atoms with van der Waals surface area (Å²) in [6.45, 7) is 0.124. The van der Waals surface area contributed by atoms with Gasteiger partial charge in [0, 0.05) is 12.1 Å². The van der Waals surface area contributed by atoms with Gasteiger partial charge in [-0.15, -0.1) is 13.2 Å². The molecule has 0 aromatic carbocycles. The minimum Gasteiger partial charge on any atom is -0.403 e. The maximum atomic E-state index is 12.0. The number of nitrogens with zero attached hydrogens (tertiary/aromatic N) is 1. The van der Waals surface area contributed by atoms with Gasteiger partial charge >= 0.3 is 6.36 Å².